The van der Waals surface area contributed by atoms with E-state index in [0.717, 1.165) is 13.1 Å². The Kier molecular flexibility index (Phi) is 5.65. The lowest BCUT2D eigenvalue weighted by Gasteiger charge is -2.26. The van der Waals surface area contributed by atoms with Crippen molar-refractivity contribution in [2.45, 2.75) is 38.1 Å². The molecule has 2 N–H and O–H groups in total. The van der Waals surface area contributed by atoms with Crippen molar-refractivity contribution in [3.63, 3.8) is 0 Å². The van der Waals surface area contributed by atoms with Gasteiger partial charge in [-0.25, -0.2) is 0 Å². The molecule has 1 fully saturated rings. The van der Waals surface area contributed by atoms with Crippen LogP contribution in [-0.4, -0.2) is 43.7 Å². The second-order valence-corrected chi connectivity index (χ2v) is 4.20. The lowest BCUT2D eigenvalue weighted by molar-refractivity contribution is -0.142. The molecule has 88 valence electrons. The van der Waals surface area contributed by atoms with E-state index in [0.29, 0.717) is 6.54 Å². The molecular weight excluding hydrogens is 192 g/mol. The Morgan fingerprint density at radius 1 is 1.27 bits per heavy atom. The van der Waals surface area contributed by atoms with Crippen molar-refractivity contribution in [1.29, 1.82) is 0 Å². The van der Waals surface area contributed by atoms with Crippen molar-refractivity contribution in [3.8, 4) is 0 Å². The number of hydrogen-bond acceptors (Lipinski definition) is 4. The van der Waals surface area contributed by atoms with Gasteiger partial charge in [0.2, 0.25) is 0 Å². The highest BCUT2D eigenvalue weighted by Crippen LogP contribution is 2.10. The van der Waals surface area contributed by atoms with Crippen molar-refractivity contribution in [2.75, 3.05) is 26.7 Å². The molecule has 1 aliphatic heterocycles. The summed E-state index contributed by atoms with van der Waals surface area (Å²) in [5.41, 5.74) is 5.73. The van der Waals surface area contributed by atoms with Crippen LogP contribution >= 0.6 is 0 Å². The first-order valence-electron chi connectivity index (χ1n) is 5.80. The summed E-state index contributed by atoms with van der Waals surface area (Å²) in [6, 6.07) is -0.491. The number of esters is 1. The molecule has 0 bridgehead atoms. The maximum Gasteiger partial charge on any atom is 0.323 e. The summed E-state index contributed by atoms with van der Waals surface area (Å²) in [4.78, 5) is 13.4. The van der Waals surface area contributed by atoms with Crippen LogP contribution in [0.4, 0.5) is 0 Å². The average molecular weight is 214 g/mol. The van der Waals surface area contributed by atoms with Gasteiger partial charge in [-0.1, -0.05) is 19.3 Å². The summed E-state index contributed by atoms with van der Waals surface area (Å²) in [5, 5.41) is 0. The van der Waals surface area contributed by atoms with Gasteiger partial charge in [-0.3, -0.25) is 4.79 Å². The molecule has 0 radical (unpaired) electrons. The fraction of sp³-hybridized carbons (Fsp3) is 0.909. The van der Waals surface area contributed by atoms with E-state index in [1.165, 1.54) is 39.2 Å². The number of carbonyl (C=O) groups excluding carboxylic acids is 1. The Morgan fingerprint density at radius 3 is 2.33 bits per heavy atom. The van der Waals surface area contributed by atoms with Crippen molar-refractivity contribution in [2.24, 2.45) is 5.73 Å². The summed E-state index contributed by atoms with van der Waals surface area (Å²) in [7, 11) is 1.38. The fourth-order valence-electron chi connectivity index (χ4n) is 2.00. The van der Waals surface area contributed by atoms with Crippen LogP contribution in [0.1, 0.15) is 32.1 Å². The van der Waals surface area contributed by atoms with Gasteiger partial charge in [-0.15, -0.1) is 0 Å². The van der Waals surface area contributed by atoms with Gasteiger partial charge in [0.25, 0.3) is 0 Å². The maximum absolute atomic E-state index is 11.2. The fourth-order valence-corrected chi connectivity index (χ4v) is 2.00. The summed E-state index contributed by atoms with van der Waals surface area (Å²) < 4.78 is 4.62. The van der Waals surface area contributed by atoms with E-state index in [-0.39, 0.29) is 5.97 Å². The van der Waals surface area contributed by atoms with Crippen molar-refractivity contribution in [1.82, 2.24) is 4.90 Å². The summed E-state index contributed by atoms with van der Waals surface area (Å²) in [6.07, 6.45) is 6.37. The zero-order valence-electron chi connectivity index (χ0n) is 9.58. The molecule has 0 aromatic rings. The van der Waals surface area contributed by atoms with Crippen molar-refractivity contribution >= 4 is 5.97 Å². The molecule has 1 unspecified atom stereocenters. The molecule has 4 nitrogen and oxygen atoms in total. The first-order valence-corrected chi connectivity index (χ1v) is 5.80. The number of hydrogen-bond donors (Lipinski definition) is 1. The monoisotopic (exact) mass is 214 g/mol. The molecule has 1 heterocycles. The first-order chi connectivity index (χ1) is 7.24. The second kappa shape index (κ2) is 6.80. The molecule has 1 aliphatic rings. The Bertz CT molecular complexity index is 189. The van der Waals surface area contributed by atoms with E-state index in [1.807, 2.05) is 0 Å². The van der Waals surface area contributed by atoms with E-state index in [9.17, 15) is 4.79 Å². The number of nitrogens with two attached hydrogens (primary N) is 1. The third kappa shape index (κ3) is 4.62. The molecule has 0 spiro atoms. The van der Waals surface area contributed by atoms with Gasteiger partial charge in [-0.05, 0) is 25.9 Å². The molecule has 0 saturated carbocycles. The van der Waals surface area contributed by atoms with Gasteiger partial charge in [-0.2, -0.15) is 0 Å². The van der Waals surface area contributed by atoms with E-state index >= 15 is 0 Å². The average Bonchev–Trinajstić information content (AvgIpc) is 2.20. The van der Waals surface area contributed by atoms with Gasteiger partial charge in [0.05, 0.1) is 7.11 Å². The first kappa shape index (κ1) is 12.5. The largest absolute Gasteiger partial charge is 0.468 e. The van der Waals surface area contributed by atoms with Gasteiger partial charge in [0.15, 0.2) is 0 Å². The minimum absolute atomic E-state index is 0.308. The predicted octanol–water partition coefficient (Wildman–Crippen LogP) is 0.753. The molecule has 1 saturated heterocycles. The Balaban J connectivity index is 2.31. The van der Waals surface area contributed by atoms with Gasteiger partial charge in [0.1, 0.15) is 6.04 Å². The third-order valence-corrected chi connectivity index (χ3v) is 2.91. The molecule has 1 atom stereocenters. The summed E-state index contributed by atoms with van der Waals surface area (Å²) in [5.74, 6) is -0.308. The van der Waals surface area contributed by atoms with Gasteiger partial charge < -0.3 is 15.4 Å². The molecule has 0 aliphatic carbocycles. The Labute approximate surface area is 91.8 Å². The van der Waals surface area contributed by atoms with Crippen LogP contribution in [0.15, 0.2) is 0 Å². The summed E-state index contributed by atoms with van der Waals surface area (Å²) >= 11 is 0. The SMILES string of the molecule is COC(=O)C(N)CN1CCCCCCC1. The smallest absolute Gasteiger partial charge is 0.323 e. The number of nitrogens with zero attached hydrogens (tertiary/aromatic N) is 1. The molecule has 0 aromatic heterocycles. The predicted molar refractivity (Wildman–Crippen MR) is 59.5 cm³/mol. The third-order valence-electron chi connectivity index (χ3n) is 2.91. The molecule has 0 amide bonds. The molecule has 1 rings (SSSR count). The topological polar surface area (TPSA) is 55.6 Å². The maximum atomic E-state index is 11.2. The van der Waals surface area contributed by atoms with Gasteiger partial charge in [0, 0.05) is 6.54 Å². The van der Waals surface area contributed by atoms with Crippen LogP contribution < -0.4 is 5.73 Å². The van der Waals surface area contributed by atoms with Crippen LogP contribution in [-0.2, 0) is 9.53 Å². The van der Waals surface area contributed by atoms with E-state index in [4.69, 9.17) is 5.73 Å². The van der Waals surface area contributed by atoms with Crippen LogP contribution in [0.5, 0.6) is 0 Å². The Morgan fingerprint density at radius 2 is 1.80 bits per heavy atom. The molecule has 0 aromatic carbocycles. The van der Waals surface area contributed by atoms with Crippen molar-refractivity contribution in [3.05, 3.63) is 0 Å². The minimum atomic E-state index is -0.491. The van der Waals surface area contributed by atoms with Crippen LogP contribution in [0.25, 0.3) is 0 Å². The normalized spacial score (nSPS) is 21.5. The van der Waals surface area contributed by atoms with Crippen molar-refractivity contribution < 1.29 is 9.53 Å². The summed E-state index contributed by atoms with van der Waals surface area (Å²) in [6.45, 7) is 2.75. The van der Waals surface area contributed by atoms with Crippen LogP contribution in [0.3, 0.4) is 0 Å². The highest BCUT2D eigenvalue weighted by atomic mass is 16.5. The van der Waals surface area contributed by atoms with E-state index < -0.39 is 6.04 Å². The standard InChI is InChI=1S/C11H22N2O2/c1-15-11(14)10(12)9-13-7-5-3-2-4-6-8-13/h10H,2-9,12H2,1H3. The highest BCUT2D eigenvalue weighted by Gasteiger charge is 2.18. The quantitative estimate of drug-likeness (QED) is 0.704. The zero-order valence-corrected chi connectivity index (χ0v) is 9.58. The number of methoxy groups -OCH3 is 1. The molecular formula is C11H22N2O2. The lowest BCUT2D eigenvalue weighted by Crippen LogP contribution is -2.44. The highest BCUT2D eigenvalue weighted by molar-refractivity contribution is 5.75. The number of rotatable bonds is 3. The number of carbonyl (C=O) groups is 1. The second-order valence-electron chi connectivity index (χ2n) is 4.20. The van der Waals surface area contributed by atoms with Crippen LogP contribution in [0, 0.1) is 0 Å². The van der Waals surface area contributed by atoms with E-state index in [2.05, 4.69) is 9.64 Å². The molecule has 4 heteroatoms. The number of likely N-dealkylation sites (tertiary alicyclic amines) is 1. The minimum Gasteiger partial charge on any atom is -0.468 e. The Hall–Kier alpha value is -0.610. The van der Waals surface area contributed by atoms with Gasteiger partial charge >= 0.3 is 5.97 Å². The molecule has 15 heavy (non-hydrogen) atoms. The van der Waals surface area contributed by atoms with Crippen LogP contribution in [0.2, 0.25) is 0 Å². The van der Waals surface area contributed by atoms with E-state index in [1.54, 1.807) is 0 Å². The lowest BCUT2D eigenvalue weighted by atomic mass is 10.1. The zero-order chi connectivity index (χ0) is 11.1. The number of ether oxygens (including phenoxy) is 1.